The lowest BCUT2D eigenvalue weighted by Crippen LogP contribution is -2.25. The normalized spacial score (nSPS) is 20.5. The van der Waals surface area contributed by atoms with Crippen molar-refractivity contribution < 1.29 is 14.7 Å². The Labute approximate surface area is 139 Å². The van der Waals surface area contributed by atoms with Crippen molar-refractivity contribution in [1.82, 2.24) is 15.0 Å². The first kappa shape index (κ1) is 16.3. The standard InChI is InChI=1S/C17H20N4O3/c1-10(21-8-16(19-20-21)14-7-12(14)9-22)17(24)18-15-6-4-3-5-13(15)11(2)23/h3-6,8,10,12,14,22H,7,9H2,1-2H3,(H,18,24)/t10?,12-,14-/m1/s1. The predicted octanol–water partition coefficient (Wildman–Crippen LogP) is 1.78. The maximum absolute atomic E-state index is 12.5. The lowest BCUT2D eigenvalue weighted by atomic mass is 10.1. The lowest BCUT2D eigenvalue weighted by Gasteiger charge is -2.13. The summed E-state index contributed by atoms with van der Waals surface area (Å²) in [4.78, 5) is 24.1. The van der Waals surface area contributed by atoms with E-state index in [1.54, 1.807) is 37.4 Å². The Morgan fingerprint density at radius 2 is 2.17 bits per heavy atom. The van der Waals surface area contributed by atoms with Gasteiger partial charge in [0.15, 0.2) is 5.78 Å². The van der Waals surface area contributed by atoms with Crippen LogP contribution in [0.4, 0.5) is 5.69 Å². The highest BCUT2D eigenvalue weighted by Gasteiger charge is 2.40. The van der Waals surface area contributed by atoms with Crippen LogP contribution in [0.5, 0.6) is 0 Å². The van der Waals surface area contributed by atoms with Gasteiger partial charge in [0.25, 0.3) is 0 Å². The van der Waals surface area contributed by atoms with E-state index in [1.165, 1.54) is 11.6 Å². The molecule has 24 heavy (non-hydrogen) atoms. The zero-order valence-corrected chi connectivity index (χ0v) is 13.6. The molecule has 1 saturated carbocycles. The number of nitrogens with one attached hydrogen (secondary N) is 1. The van der Waals surface area contributed by atoms with Gasteiger partial charge in [-0.3, -0.25) is 9.59 Å². The molecule has 7 nitrogen and oxygen atoms in total. The van der Waals surface area contributed by atoms with Crippen molar-refractivity contribution >= 4 is 17.4 Å². The largest absolute Gasteiger partial charge is 0.396 e. The lowest BCUT2D eigenvalue weighted by molar-refractivity contribution is -0.119. The maximum Gasteiger partial charge on any atom is 0.249 e. The zero-order valence-electron chi connectivity index (χ0n) is 13.6. The number of anilines is 1. The number of hydrogen-bond acceptors (Lipinski definition) is 5. The van der Waals surface area contributed by atoms with Gasteiger partial charge in [-0.05, 0) is 38.3 Å². The van der Waals surface area contributed by atoms with Crippen LogP contribution in [-0.2, 0) is 4.79 Å². The molecule has 0 saturated heterocycles. The third-order valence-corrected chi connectivity index (χ3v) is 4.41. The van der Waals surface area contributed by atoms with Gasteiger partial charge in [0.05, 0.1) is 11.4 Å². The van der Waals surface area contributed by atoms with Gasteiger partial charge in [-0.25, -0.2) is 4.68 Å². The van der Waals surface area contributed by atoms with Crippen molar-refractivity contribution in [2.75, 3.05) is 11.9 Å². The molecule has 1 aromatic carbocycles. The fraction of sp³-hybridized carbons (Fsp3) is 0.412. The highest BCUT2D eigenvalue weighted by Crippen LogP contribution is 2.46. The second-order valence-corrected chi connectivity index (χ2v) is 6.18. The second-order valence-electron chi connectivity index (χ2n) is 6.18. The number of aliphatic hydroxyl groups is 1. The summed E-state index contributed by atoms with van der Waals surface area (Å²) in [6.07, 6.45) is 2.66. The molecule has 1 fully saturated rings. The molecule has 0 aliphatic heterocycles. The number of carbonyl (C=O) groups is 2. The Morgan fingerprint density at radius 3 is 2.83 bits per heavy atom. The summed E-state index contributed by atoms with van der Waals surface area (Å²) in [7, 11) is 0. The number of amides is 1. The van der Waals surface area contributed by atoms with E-state index in [-0.39, 0.29) is 30.1 Å². The van der Waals surface area contributed by atoms with Crippen molar-refractivity contribution in [3.8, 4) is 0 Å². The van der Waals surface area contributed by atoms with Gasteiger partial charge in [-0.2, -0.15) is 0 Å². The van der Waals surface area contributed by atoms with Gasteiger partial charge in [0, 0.05) is 24.3 Å². The number of rotatable bonds is 6. The van der Waals surface area contributed by atoms with E-state index in [0.717, 1.165) is 12.1 Å². The molecule has 0 spiro atoms. The summed E-state index contributed by atoms with van der Waals surface area (Å²) in [5, 5.41) is 20.0. The smallest absolute Gasteiger partial charge is 0.249 e. The van der Waals surface area contributed by atoms with Gasteiger partial charge >= 0.3 is 0 Å². The fourth-order valence-electron chi connectivity index (χ4n) is 2.72. The van der Waals surface area contributed by atoms with Crippen LogP contribution in [0.15, 0.2) is 30.5 Å². The summed E-state index contributed by atoms with van der Waals surface area (Å²) in [5.74, 6) is 0.110. The number of carbonyl (C=O) groups excluding carboxylic acids is 2. The third-order valence-electron chi connectivity index (χ3n) is 4.41. The van der Waals surface area contributed by atoms with E-state index in [0.29, 0.717) is 11.3 Å². The summed E-state index contributed by atoms with van der Waals surface area (Å²) in [5.41, 5.74) is 1.77. The Hall–Kier alpha value is -2.54. The van der Waals surface area contributed by atoms with E-state index in [9.17, 15) is 9.59 Å². The van der Waals surface area contributed by atoms with Gasteiger partial charge in [-0.1, -0.05) is 17.3 Å². The van der Waals surface area contributed by atoms with Crippen LogP contribution in [0.25, 0.3) is 0 Å². The summed E-state index contributed by atoms with van der Waals surface area (Å²) in [6.45, 7) is 3.33. The van der Waals surface area contributed by atoms with E-state index in [1.807, 2.05) is 0 Å². The number of benzene rings is 1. The monoisotopic (exact) mass is 328 g/mol. The van der Waals surface area contributed by atoms with Crippen molar-refractivity contribution in [1.29, 1.82) is 0 Å². The molecular formula is C17H20N4O3. The minimum Gasteiger partial charge on any atom is -0.396 e. The quantitative estimate of drug-likeness (QED) is 0.788. The number of aromatic nitrogens is 3. The number of aliphatic hydroxyl groups excluding tert-OH is 1. The number of nitrogens with zero attached hydrogens (tertiary/aromatic N) is 3. The number of para-hydroxylation sites is 1. The Kier molecular flexibility index (Phi) is 4.44. The molecular weight excluding hydrogens is 308 g/mol. The molecule has 1 aliphatic carbocycles. The number of Topliss-reactive ketones (excluding diaryl/α,β-unsaturated/α-hetero) is 1. The van der Waals surface area contributed by atoms with Crippen molar-refractivity contribution in [3.05, 3.63) is 41.7 Å². The Bertz CT molecular complexity index is 771. The Balaban J connectivity index is 1.70. The molecule has 7 heteroatoms. The van der Waals surface area contributed by atoms with Crippen molar-refractivity contribution in [2.45, 2.75) is 32.2 Å². The van der Waals surface area contributed by atoms with E-state index in [2.05, 4.69) is 15.6 Å². The zero-order chi connectivity index (χ0) is 17.3. The van der Waals surface area contributed by atoms with E-state index < -0.39 is 6.04 Å². The van der Waals surface area contributed by atoms with Crippen LogP contribution in [0.2, 0.25) is 0 Å². The highest BCUT2D eigenvalue weighted by atomic mass is 16.3. The summed E-state index contributed by atoms with van der Waals surface area (Å²) >= 11 is 0. The van der Waals surface area contributed by atoms with E-state index in [4.69, 9.17) is 5.11 Å². The molecule has 1 unspecified atom stereocenters. The molecule has 2 N–H and O–H groups in total. The minimum atomic E-state index is -0.558. The Morgan fingerprint density at radius 1 is 1.42 bits per heavy atom. The molecule has 2 aromatic rings. The van der Waals surface area contributed by atoms with Crippen LogP contribution in [0.3, 0.4) is 0 Å². The van der Waals surface area contributed by atoms with Crippen LogP contribution in [0, 0.1) is 5.92 Å². The average Bonchev–Trinajstić information content (AvgIpc) is 3.21. The van der Waals surface area contributed by atoms with Gasteiger partial charge in [-0.15, -0.1) is 5.10 Å². The molecule has 3 rings (SSSR count). The SMILES string of the molecule is CC(=O)c1ccccc1NC(=O)C(C)n1cc([C@@H]2C[C@@H]2CO)nn1. The van der Waals surface area contributed by atoms with Crippen molar-refractivity contribution in [3.63, 3.8) is 0 Å². The first-order valence-electron chi connectivity index (χ1n) is 7.94. The summed E-state index contributed by atoms with van der Waals surface area (Å²) in [6, 6.07) is 6.34. The topological polar surface area (TPSA) is 97.1 Å². The molecule has 1 amide bonds. The van der Waals surface area contributed by atoms with Gasteiger partial charge in [0.2, 0.25) is 5.91 Å². The maximum atomic E-state index is 12.5. The van der Waals surface area contributed by atoms with Gasteiger partial charge in [0.1, 0.15) is 6.04 Å². The summed E-state index contributed by atoms with van der Waals surface area (Å²) < 4.78 is 1.51. The van der Waals surface area contributed by atoms with Crippen LogP contribution >= 0.6 is 0 Å². The average molecular weight is 328 g/mol. The second kappa shape index (κ2) is 6.52. The number of ketones is 1. The molecule has 0 radical (unpaired) electrons. The van der Waals surface area contributed by atoms with Gasteiger partial charge < -0.3 is 10.4 Å². The first-order chi connectivity index (χ1) is 11.5. The number of hydrogen-bond donors (Lipinski definition) is 2. The highest BCUT2D eigenvalue weighted by molar-refractivity contribution is 6.04. The molecule has 0 bridgehead atoms. The molecule has 1 heterocycles. The van der Waals surface area contributed by atoms with Crippen LogP contribution in [-0.4, -0.2) is 38.4 Å². The molecule has 126 valence electrons. The predicted molar refractivity (Wildman–Crippen MR) is 87.7 cm³/mol. The van der Waals surface area contributed by atoms with Crippen molar-refractivity contribution in [2.24, 2.45) is 5.92 Å². The third kappa shape index (κ3) is 3.21. The molecule has 1 aromatic heterocycles. The van der Waals surface area contributed by atoms with E-state index >= 15 is 0 Å². The fourth-order valence-corrected chi connectivity index (χ4v) is 2.72. The van der Waals surface area contributed by atoms with Crippen LogP contribution < -0.4 is 5.32 Å². The first-order valence-corrected chi connectivity index (χ1v) is 7.94. The van der Waals surface area contributed by atoms with Crippen LogP contribution in [0.1, 0.15) is 48.3 Å². The minimum absolute atomic E-state index is 0.106. The molecule has 3 atom stereocenters. The molecule has 1 aliphatic rings.